The molecule has 24 heavy (non-hydrogen) atoms. The Hall–Kier alpha value is -3.04. The molecule has 2 aromatic carbocycles. The van der Waals surface area contributed by atoms with Gasteiger partial charge in [-0.05, 0) is 13.0 Å². The topological polar surface area (TPSA) is 72.2 Å². The number of halogens is 5. The van der Waals surface area contributed by atoms with Gasteiger partial charge in [0.1, 0.15) is 5.69 Å². The van der Waals surface area contributed by atoms with Crippen molar-refractivity contribution in [2.75, 3.05) is 5.32 Å². The van der Waals surface area contributed by atoms with E-state index in [1.165, 1.54) is 18.3 Å². The van der Waals surface area contributed by atoms with E-state index in [1.807, 2.05) is 0 Å². The second-order valence-corrected chi connectivity index (χ2v) is 4.66. The molecule has 0 aliphatic rings. The molecule has 0 bridgehead atoms. The number of rotatable bonds is 3. The highest BCUT2D eigenvalue weighted by molar-refractivity contribution is 6.04. The van der Waals surface area contributed by atoms with Crippen LogP contribution < -0.4 is 5.32 Å². The van der Waals surface area contributed by atoms with E-state index in [-0.39, 0.29) is 5.56 Å². The first-order chi connectivity index (χ1) is 11.1. The lowest BCUT2D eigenvalue weighted by atomic mass is 10.1. The number of nitro groups is 1. The minimum Gasteiger partial charge on any atom is -0.317 e. The van der Waals surface area contributed by atoms with Crippen molar-refractivity contribution in [1.29, 1.82) is 0 Å². The first-order valence-electron chi connectivity index (χ1n) is 6.23. The van der Waals surface area contributed by atoms with Crippen LogP contribution in [0.15, 0.2) is 18.2 Å². The SMILES string of the molecule is Cc1ccc(C(=O)Nc2c(F)c(F)c(F)c(F)c2F)cc1[N+](=O)[O-]. The monoisotopic (exact) mass is 346 g/mol. The quantitative estimate of drug-likeness (QED) is 0.302. The predicted molar refractivity (Wildman–Crippen MR) is 72.0 cm³/mol. The number of carbonyl (C=O) groups excluding carboxylic acids is 1. The van der Waals surface area contributed by atoms with Crippen molar-refractivity contribution in [3.8, 4) is 0 Å². The first kappa shape index (κ1) is 17.3. The van der Waals surface area contributed by atoms with Crippen molar-refractivity contribution in [3.63, 3.8) is 0 Å². The van der Waals surface area contributed by atoms with Crippen LogP contribution in [0.4, 0.5) is 33.3 Å². The van der Waals surface area contributed by atoms with Crippen LogP contribution in [-0.2, 0) is 0 Å². The van der Waals surface area contributed by atoms with Crippen LogP contribution in [0.5, 0.6) is 0 Å². The molecule has 0 unspecified atom stereocenters. The maximum Gasteiger partial charge on any atom is 0.273 e. The van der Waals surface area contributed by atoms with E-state index < -0.39 is 56.9 Å². The fraction of sp³-hybridized carbons (Fsp3) is 0.0714. The van der Waals surface area contributed by atoms with Gasteiger partial charge in [0.25, 0.3) is 11.6 Å². The number of nitro benzene ring substituents is 1. The maximum atomic E-state index is 13.5. The maximum absolute atomic E-state index is 13.5. The van der Waals surface area contributed by atoms with E-state index in [0.29, 0.717) is 0 Å². The summed E-state index contributed by atoms with van der Waals surface area (Å²) in [6.45, 7) is 1.39. The summed E-state index contributed by atoms with van der Waals surface area (Å²) in [5.74, 6) is -12.5. The summed E-state index contributed by atoms with van der Waals surface area (Å²) in [4.78, 5) is 21.9. The Morgan fingerprint density at radius 3 is 2.00 bits per heavy atom. The van der Waals surface area contributed by atoms with E-state index >= 15 is 0 Å². The third kappa shape index (κ3) is 2.90. The number of hydrogen-bond acceptors (Lipinski definition) is 3. The molecule has 0 aliphatic heterocycles. The number of anilines is 1. The second-order valence-electron chi connectivity index (χ2n) is 4.66. The van der Waals surface area contributed by atoms with Crippen molar-refractivity contribution in [2.45, 2.75) is 6.92 Å². The average molecular weight is 346 g/mol. The molecule has 1 N–H and O–H groups in total. The van der Waals surface area contributed by atoms with Crippen molar-refractivity contribution < 1.29 is 31.7 Å². The van der Waals surface area contributed by atoms with Crippen molar-refractivity contribution in [2.24, 2.45) is 0 Å². The summed E-state index contributed by atoms with van der Waals surface area (Å²) >= 11 is 0. The predicted octanol–water partition coefficient (Wildman–Crippen LogP) is 3.85. The minimum atomic E-state index is -2.37. The van der Waals surface area contributed by atoms with Gasteiger partial charge < -0.3 is 5.32 Å². The Bertz CT molecular complexity index is 841. The van der Waals surface area contributed by atoms with Crippen LogP contribution in [-0.4, -0.2) is 10.8 Å². The van der Waals surface area contributed by atoms with Crippen LogP contribution in [0.2, 0.25) is 0 Å². The molecule has 2 aromatic rings. The molecule has 1 amide bonds. The molecule has 0 saturated carbocycles. The standard InChI is InChI=1S/C14H7F5N2O3/c1-5-2-3-6(4-7(5)21(23)24)14(22)20-13-11(18)9(16)8(15)10(17)12(13)19/h2-4H,1H3,(H,20,22). The molecular formula is C14H7F5N2O3. The summed E-state index contributed by atoms with van der Waals surface area (Å²) in [5, 5.41) is 12.3. The van der Waals surface area contributed by atoms with Crippen molar-refractivity contribution >= 4 is 17.3 Å². The molecule has 0 radical (unpaired) electrons. The van der Waals surface area contributed by atoms with Crippen LogP contribution in [0.1, 0.15) is 15.9 Å². The first-order valence-corrected chi connectivity index (χ1v) is 6.23. The highest BCUT2D eigenvalue weighted by atomic mass is 19.2. The molecule has 0 fully saturated rings. The van der Waals surface area contributed by atoms with E-state index in [1.54, 1.807) is 0 Å². The van der Waals surface area contributed by atoms with E-state index in [2.05, 4.69) is 0 Å². The molecule has 0 saturated heterocycles. The Morgan fingerprint density at radius 2 is 1.50 bits per heavy atom. The van der Waals surface area contributed by atoms with E-state index in [4.69, 9.17) is 0 Å². The zero-order chi connectivity index (χ0) is 18.2. The Labute approximate surface area is 130 Å². The highest BCUT2D eigenvalue weighted by Gasteiger charge is 2.27. The molecule has 5 nitrogen and oxygen atoms in total. The summed E-state index contributed by atoms with van der Waals surface area (Å²) in [6.07, 6.45) is 0. The van der Waals surface area contributed by atoms with Crippen molar-refractivity contribution in [1.82, 2.24) is 0 Å². The number of carbonyl (C=O) groups is 1. The van der Waals surface area contributed by atoms with Gasteiger partial charge in [0.15, 0.2) is 23.3 Å². The fourth-order valence-corrected chi connectivity index (χ4v) is 1.85. The van der Waals surface area contributed by atoms with Crippen LogP contribution in [0.25, 0.3) is 0 Å². The van der Waals surface area contributed by atoms with Gasteiger partial charge in [-0.3, -0.25) is 14.9 Å². The van der Waals surface area contributed by atoms with Crippen LogP contribution >= 0.6 is 0 Å². The number of aryl methyl sites for hydroxylation is 1. The smallest absolute Gasteiger partial charge is 0.273 e. The third-order valence-electron chi connectivity index (χ3n) is 3.12. The molecule has 10 heteroatoms. The molecule has 0 aromatic heterocycles. The summed E-state index contributed by atoms with van der Waals surface area (Å²) < 4.78 is 66.1. The largest absolute Gasteiger partial charge is 0.317 e. The summed E-state index contributed by atoms with van der Waals surface area (Å²) in [5.41, 5.74) is -2.16. The fourth-order valence-electron chi connectivity index (χ4n) is 1.85. The molecule has 0 aliphatic carbocycles. The molecule has 126 valence electrons. The highest BCUT2D eigenvalue weighted by Crippen LogP contribution is 2.28. The lowest BCUT2D eigenvalue weighted by Gasteiger charge is -2.10. The van der Waals surface area contributed by atoms with Crippen LogP contribution in [0.3, 0.4) is 0 Å². The Kier molecular flexibility index (Phi) is 4.49. The summed E-state index contributed by atoms with van der Waals surface area (Å²) in [7, 11) is 0. The number of nitrogens with zero attached hydrogens (tertiary/aromatic N) is 1. The molecule has 2 rings (SSSR count). The van der Waals surface area contributed by atoms with Crippen LogP contribution in [0, 0.1) is 46.1 Å². The van der Waals surface area contributed by atoms with Gasteiger partial charge in [-0.1, -0.05) is 6.07 Å². The molecule has 0 heterocycles. The van der Waals surface area contributed by atoms with Crippen molar-refractivity contribution in [3.05, 3.63) is 68.5 Å². The molecule has 0 atom stereocenters. The number of benzene rings is 2. The van der Waals surface area contributed by atoms with E-state index in [9.17, 15) is 36.9 Å². The second kappa shape index (κ2) is 6.22. The van der Waals surface area contributed by atoms with Gasteiger partial charge in [-0.15, -0.1) is 0 Å². The lowest BCUT2D eigenvalue weighted by Crippen LogP contribution is -2.17. The summed E-state index contributed by atoms with van der Waals surface area (Å²) in [6, 6.07) is 3.12. The number of nitrogens with one attached hydrogen (secondary N) is 1. The number of amides is 1. The van der Waals surface area contributed by atoms with Gasteiger partial charge in [0.05, 0.1) is 4.92 Å². The minimum absolute atomic E-state index is 0.216. The Morgan fingerprint density at radius 1 is 1.00 bits per heavy atom. The zero-order valence-corrected chi connectivity index (χ0v) is 11.8. The van der Waals surface area contributed by atoms with Gasteiger partial charge in [0.2, 0.25) is 5.82 Å². The van der Waals surface area contributed by atoms with Gasteiger partial charge in [0, 0.05) is 17.2 Å². The molecule has 0 spiro atoms. The average Bonchev–Trinajstić information content (AvgIpc) is 2.55. The normalized spacial score (nSPS) is 10.6. The number of hydrogen-bond donors (Lipinski definition) is 1. The lowest BCUT2D eigenvalue weighted by molar-refractivity contribution is -0.385. The third-order valence-corrected chi connectivity index (χ3v) is 3.12. The zero-order valence-electron chi connectivity index (χ0n) is 11.8. The molecular weight excluding hydrogens is 339 g/mol. The van der Waals surface area contributed by atoms with Gasteiger partial charge >= 0.3 is 0 Å². The van der Waals surface area contributed by atoms with Gasteiger partial charge in [-0.25, -0.2) is 22.0 Å². The van der Waals surface area contributed by atoms with E-state index in [0.717, 1.165) is 12.1 Å². The van der Waals surface area contributed by atoms with Gasteiger partial charge in [-0.2, -0.15) is 0 Å². The Balaban J connectivity index is 2.45.